The van der Waals surface area contributed by atoms with Crippen molar-refractivity contribution in [3.05, 3.63) is 64.0 Å². The largest absolute Gasteiger partial charge is 0.488 e. The number of ether oxygens (including phenoxy) is 2. The number of carbonyl (C=O) groups is 1. The second kappa shape index (κ2) is 12.4. The number of aromatic nitrogens is 1. The first-order chi connectivity index (χ1) is 20.4. The van der Waals surface area contributed by atoms with Crippen molar-refractivity contribution in [1.82, 2.24) is 9.88 Å². The van der Waals surface area contributed by atoms with Crippen molar-refractivity contribution in [2.45, 2.75) is 39.0 Å². The first-order valence-corrected chi connectivity index (χ1v) is 15.4. The molecule has 3 fully saturated rings. The summed E-state index contributed by atoms with van der Waals surface area (Å²) in [5.74, 6) is 0.171. The maximum absolute atomic E-state index is 11.8. The number of aliphatic hydroxyl groups excluding tert-OH is 1. The molecule has 10 heteroatoms. The minimum Gasteiger partial charge on any atom is -0.488 e. The van der Waals surface area contributed by atoms with Crippen LogP contribution < -0.4 is 9.64 Å². The van der Waals surface area contributed by atoms with E-state index in [0.717, 1.165) is 65.6 Å². The lowest BCUT2D eigenvalue weighted by Crippen LogP contribution is -2.44. The third-order valence-electron chi connectivity index (χ3n) is 8.80. The number of nitrogens with zero attached hydrogens (tertiary/aromatic N) is 4. The molecule has 9 nitrogen and oxygen atoms in total. The number of carboxylic acids is 1. The minimum atomic E-state index is -0.661. The molecule has 2 bridgehead atoms. The number of aliphatic carboxylic acids is 1. The lowest BCUT2D eigenvalue weighted by Gasteiger charge is -2.35. The summed E-state index contributed by atoms with van der Waals surface area (Å²) >= 11 is 1.59. The fraction of sp³-hybridized carbons (Fsp3) is 0.469. The van der Waals surface area contributed by atoms with E-state index in [0.29, 0.717) is 31.0 Å². The molecule has 2 N–H and O–H groups in total. The molecule has 1 unspecified atom stereocenters. The highest BCUT2D eigenvalue weighted by Crippen LogP contribution is 2.44. The summed E-state index contributed by atoms with van der Waals surface area (Å²) in [4.78, 5) is 21.2. The molecule has 2 aliphatic heterocycles. The Bertz CT molecular complexity index is 1470. The van der Waals surface area contributed by atoms with Crippen molar-refractivity contribution in [3.63, 3.8) is 0 Å². The van der Waals surface area contributed by atoms with Crippen molar-refractivity contribution in [1.29, 1.82) is 5.26 Å². The van der Waals surface area contributed by atoms with Crippen molar-refractivity contribution in [3.8, 4) is 23.1 Å². The number of carboxylic acid groups (broad SMARTS) is 1. The summed E-state index contributed by atoms with van der Waals surface area (Å²) in [5, 5.41) is 32.0. The molecule has 3 aromatic rings. The first kappa shape index (κ1) is 28.6. The molecule has 42 heavy (non-hydrogen) atoms. The van der Waals surface area contributed by atoms with Crippen LogP contribution in [0.4, 0.5) is 5.13 Å². The quantitative estimate of drug-likeness (QED) is 0.377. The summed E-state index contributed by atoms with van der Waals surface area (Å²) in [5.41, 5.74) is 5.29. The molecule has 3 heterocycles. The van der Waals surface area contributed by atoms with Crippen molar-refractivity contribution in [2.75, 3.05) is 44.3 Å². The molecule has 3 aliphatic rings. The standard InChI is InChI=1S/C32H36N4O5S/c1-20-2-7-29(41-18-24-4-3-21(11-25(24)12-33)13-35-8-9-40-26(16-35)17-37)27(10-20)28-19-42-32(34-28)36-14-22-5-6-23(15-36)30(22)31(38)39/h2-4,7,10-11,19,22-23,26,30,37H,5-6,8-9,13-18H2,1H3,(H,38,39)/t22-,23-,26?/m0/s1. The van der Waals surface area contributed by atoms with Gasteiger partial charge in [0.2, 0.25) is 0 Å². The number of piperidine rings is 1. The van der Waals surface area contributed by atoms with Gasteiger partial charge in [0.1, 0.15) is 12.4 Å². The number of rotatable bonds is 9. The van der Waals surface area contributed by atoms with Gasteiger partial charge in [0.25, 0.3) is 0 Å². The highest BCUT2D eigenvalue weighted by Gasteiger charge is 2.46. The number of fused-ring (bicyclic) bond motifs is 2. The highest BCUT2D eigenvalue weighted by atomic mass is 32.1. The van der Waals surface area contributed by atoms with Crippen LogP contribution in [0.3, 0.4) is 0 Å². The third kappa shape index (κ3) is 6.01. The van der Waals surface area contributed by atoms with Gasteiger partial charge in [-0.05, 0) is 55.4 Å². The first-order valence-electron chi connectivity index (χ1n) is 14.6. The van der Waals surface area contributed by atoms with Crippen LogP contribution in [0.15, 0.2) is 41.8 Å². The zero-order valence-corrected chi connectivity index (χ0v) is 24.6. The van der Waals surface area contributed by atoms with Gasteiger partial charge in [-0.2, -0.15) is 5.26 Å². The van der Waals surface area contributed by atoms with Crippen LogP contribution >= 0.6 is 11.3 Å². The Hall–Kier alpha value is -3.49. The van der Waals surface area contributed by atoms with Crippen LogP contribution in [0, 0.1) is 36.0 Å². The Morgan fingerprint density at radius 3 is 2.74 bits per heavy atom. The molecule has 3 atom stereocenters. The molecular weight excluding hydrogens is 552 g/mol. The van der Waals surface area contributed by atoms with Crippen LogP contribution in [0.1, 0.15) is 35.1 Å². The van der Waals surface area contributed by atoms with Gasteiger partial charge in [-0.3, -0.25) is 9.69 Å². The normalized spacial score (nSPS) is 24.0. The zero-order valence-electron chi connectivity index (χ0n) is 23.7. The molecule has 2 aromatic carbocycles. The second-order valence-corrected chi connectivity index (χ2v) is 12.5. The van der Waals surface area contributed by atoms with Gasteiger partial charge < -0.3 is 24.6 Å². The Balaban J connectivity index is 1.15. The van der Waals surface area contributed by atoms with Gasteiger partial charge in [0.15, 0.2) is 5.13 Å². The summed E-state index contributed by atoms with van der Waals surface area (Å²) in [6, 6.07) is 14.3. The molecule has 220 valence electrons. The minimum absolute atomic E-state index is 0.00579. The van der Waals surface area contributed by atoms with Gasteiger partial charge in [-0.1, -0.05) is 23.8 Å². The van der Waals surface area contributed by atoms with Crippen LogP contribution in [0.25, 0.3) is 11.3 Å². The Labute approximate surface area is 249 Å². The van der Waals surface area contributed by atoms with E-state index in [2.05, 4.69) is 21.9 Å². The number of morpholine rings is 1. The highest BCUT2D eigenvalue weighted by molar-refractivity contribution is 7.14. The van der Waals surface area contributed by atoms with E-state index in [1.54, 1.807) is 11.3 Å². The number of benzene rings is 2. The van der Waals surface area contributed by atoms with Crippen molar-refractivity contribution >= 4 is 22.4 Å². The average molecular weight is 589 g/mol. The Kier molecular flexibility index (Phi) is 8.45. The lowest BCUT2D eigenvalue weighted by atomic mass is 9.85. The summed E-state index contributed by atoms with van der Waals surface area (Å²) in [7, 11) is 0. The van der Waals surface area contributed by atoms with Gasteiger partial charge in [0.05, 0.1) is 42.6 Å². The van der Waals surface area contributed by atoms with Gasteiger partial charge >= 0.3 is 5.97 Å². The number of aliphatic hydroxyl groups is 1. The fourth-order valence-electron chi connectivity index (χ4n) is 6.69. The molecule has 0 spiro atoms. The van der Waals surface area contributed by atoms with E-state index in [1.165, 1.54) is 0 Å². The SMILES string of the molecule is Cc1ccc(OCc2ccc(CN3CCOC(CO)C3)cc2C#N)c(-c2csc(N3C[C@@H]4CC[C@@H](C3)C4C(=O)O)n2)c1. The molecule has 1 aromatic heterocycles. The molecule has 0 amide bonds. The summed E-state index contributed by atoms with van der Waals surface area (Å²) < 4.78 is 11.9. The summed E-state index contributed by atoms with van der Waals surface area (Å²) in [6.07, 6.45) is 1.77. The molecular formula is C32H36N4O5S. The van der Waals surface area contributed by atoms with Crippen molar-refractivity contribution in [2.24, 2.45) is 17.8 Å². The number of aryl methyl sites for hydroxylation is 1. The number of hydrogen-bond donors (Lipinski definition) is 2. The van der Waals surface area contributed by atoms with E-state index in [9.17, 15) is 20.3 Å². The van der Waals surface area contributed by atoms with Gasteiger partial charge in [-0.25, -0.2) is 4.98 Å². The van der Waals surface area contributed by atoms with E-state index < -0.39 is 5.97 Å². The predicted molar refractivity (Wildman–Crippen MR) is 159 cm³/mol. The van der Waals surface area contributed by atoms with Gasteiger partial charge in [0, 0.05) is 49.2 Å². The van der Waals surface area contributed by atoms with E-state index in [-0.39, 0.29) is 37.1 Å². The number of anilines is 1. The zero-order chi connectivity index (χ0) is 29.2. The number of nitriles is 1. The fourth-order valence-corrected chi connectivity index (χ4v) is 7.53. The average Bonchev–Trinajstić information content (AvgIpc) is 3.59. The molecule has 1 saturated carbocycles. The van der Waals surface area contributed by atoms with E-state index >= 15 is 0 Å². The summed E-state index contributed by atoms with van der Waals surface area (Å²) in [6.45, 7) is 6.51. The molecule has 0 radical (unpaired) electrons. The smallest absolute Gasteiger partial charge is 0.307 e. The van der Waals surface area contributed by atoms with Crippen molar-refractivity contribution < 1.29 is 24.5 Å². The maximum Gasteiger partial charge on any atom is 0.307 e. The van der Waals surface area contributed by atoms with Crippen LogP contribution in [0.2, 0.25) is 0 Å². The number of hydrogen-bond acceptors (Lipinski definition) is 9. The van der Waals surface area contributed by atoms with E-state index in [1.807, 2.05) is 42.6 Å². The van der Waals surface area contributed by atoms with Gasteiger partial charge in [-0.15, -0.1) is 11.3 Å². The van der Waals surface area contributed by atoms with Crippen LogP contribution in [-0.4, -0.2) is 71.6 Å². The second-order valence-electron chi connectivity index (χ2n) is 11.7. The molecule has 2 saturated heterocycles. The monoisotopic (exact) mass is 588 g/mol. The Morgan fingerprint density at radius 2 is 2.00 bits per heavy atom. The van der Waals surface area contributed by atoms with Crippen LogP contribution in [-0.2, 0) is 22.7 Å². The predicted octanol–water partition coefficient (Wildman–Crippen LogP) is 4.31. The maximum atomic E-state index is 11.8. The molecule has 6 rings (SSSR count). The topological polar surface area (TPSA) is 119 Å². The van der Waals surface area contributed by atoms with E-state index in [4.69, 9.17) is 14.5 Å². The molecule has 1 aliphatic carbocycles. The Morgan fingerprint density at radius 1 is 1.19 bits per heavy atom. The van der Waals surface area contributed by atoms with Crippen LogP contribution in [0.5, 0.6) is 5.75 Å². The lowest BCUT2D eigenvalue weighted by molar-refractivity contribution is -0.144. The third-order valence-corrected chi connectivity index (χ3v) is 9.70. The number of thiazole rings is 1.